The molecule has 0 aromatic heterocycles. The van der Waals surface area contributed by atoms with Crippen LogP contribution < -0.4 is 5.06 Å². The smallest absolute Gasteiger partial charge is 0.340 e. The summed E-state index contributed by atoms with van der Waals surface area (Å²) in [7, 11) is 0. The fourth-order valence-corrected chi connectivity index (χ4v) is 2.22. The molecule has 0 aliphatic heterocycles. The lowest BCUT2D eigenvalue weighted by atomic mass is 9.96. The maximum atomic E-state index is 11.6. The zero-order chi connectivity index (χ0) is 15.8. The number of nitriles is 2. The van der Waals surface area contributed by atoms with Crippen LogP contribution >= 0.6 is 0 Å². The lowest BCUT2D eigenvalue weighted by Gasteiger charge is -2.26. The third kappa shape index (κ3) is 4.50. The summed E-state index contributed by atoms with van der Waals surface area (Å²) in [4.78, 5) is 16.8. The predicted octanol–water partition coefficient (Wildman–Crippen LogP) is 3.21. The van der Waals surface area contributed by atoms with E-state index in [1.54, 1.807) is 6.07 Å². The molecular formula is C16H19N3O2. The van der Waals surface area contributed by atoms with E-state index in [2.05, 4.69) is 13.8 Å². The molecule has 0 spiro atoms. The lowest BCUT2D eigenvalue weighted by molar-refractivity contribution is -0.143. The highest BCUT2D eigenvalue weighted by atomic mass is 16.7. The van der Waals surface area contributed by atoms with Gasteiger partial charge >= 0.3 is 5.97 Å². The molecule has 0 amide bonds. The van der Waals surface area contributed by atoms with Crippen molar-refractivity contribution in [3.05, 3.63) is 29.3 Å². The van der Waals surface area contributed by atoms with Gasteiger partial charge in [-0.15, -0.1) is 0 Å². The van der Waals surface area contributed by atoms with Gasteiger partial charge in [0.1, 0.15) is 6.42 Å². The Bertz CT molecular complexity index is 582. The van der Waals surface area contributed by atoms with Crippen LogP contribution in [0, 0.1) is 29.6 Å². The van der Waals surface area contributed by atoms with Crippen LogP contribution in [0.3, 0.4) is 0 Å². The van der Waals surface area contributed by atoms with Crippen molar-refractivity contribution < 1.29 is 9.63 Å². The maximum Gasteiger partial charge on any atom is 0.346 e. The summed E-state index contributed by atoms with van der Waals surface area (Å²) in [6.45, 7) is 6.39. The molecule has 1 aromatic rings. The summed E-state index contributed by atoms with van der Waals surface area (Å²) in [5, 5.41) is 18.7. The van der Waals surface area contributed by atoms with Crippen molar-refractivity contribution in [1.82, 2.24) is 0 Å². The SMILES string of the molecule is Cc1cccc(N(CCC#N)OC(=O)CC#N)c1C(C)C. The number of rotatable bonds is 6. The van der Waals surface area contributed by atoms with Gasteiger partial charge in [0, 0.05) is 0 Å². The largest absolute Gasteiger partial charge is 0.346 e. The fourth-order valence-electron chi connectivity index (χ4n) is 2.22. The first-order valence-corrected chi connectivity index (χ1v) is 6.83. The molecule has 0 atom stereocenters. The maximum absolute atomic E-state index is 11.6. The van der Waals surface area contributed by atoms with Gasteiger partial charge in [-0.3, -0.25) is 0 Å². The second-order valence-corrected chi connectivity index (χ2v) is 4.97. The van der Waals surface area contributed by atoms with Gasteiger partial charge in [0.25, 0.3) is 0 Å². The fraction of sp³-hybridized carbons (Fsp3) is 0.438. The Balaban J connectivity index is 3.14. The van der Waals surface area contributed by atoms with E-state index < -0.39 is 5.97 Å². The highest BCUT2D eigenvalue weighted by Gasteiger charge is 2.19. The quantitative estimate of drug-likeness (QED) is 0.750. The van der Waals surface area contributed by atoms with Crippen LogP contribution in [0.2, 0.25) is 0 Å². The second-order valence-electron chi connectivity index (χ2n) is 4.97. The summed E-state index contributed by atoms with van der Waals surface area (Å²) in [6.07, 6.45) is -0.0861. The molecule has 0 saturated heterocycles. The Morgan fingerprint density at radius 3 is 2.62 bits per heavy atom. The van der Waals surface area contributed by atoms with E-state index in [9.17, 15) is 4.79 Å². The number of carbonyl (C=O) groups excluding carboxylic acids is 1. The van der Waals surface area contributed by atoms with E-state index >= 15 is 0 Å². The molecule has 0 saturated carbocycles. The number of nitrogens with zero attached hydrogens (tertiary/aromatic N) is 3. The van der Waals surface area contributed by atoms with Gasteiger partial charge in [-0.25, -0.2) is 9.86 Å². The van der Waals surface area contributed by atoms with Crippen LogP contribution in [0.5, 0.6) is 0 Å². The molecular weight excluding hydrogens is 266 g/mol. The van der Waals surface area contributed by atoms with Crippen LogP contribution in [0.4, 0.5) is 5.69 Å². The van der Waals surface area contributed by atoms with Crippen LogP contribution in [0.1, 0.15) is 43.7 Å². The summed E-state index contributed by atoms with van der Waals surface area (Å²) < 4.78 is 0. The zero-order valence-corrected chi connectivity index (χ0v) is 12.6. The standard InChI is InChI=1S/C16H19N3O2/c1-12(2)16-13(3)6-4-7-14(16)19(11-5-9-17)21-15(20)8-10-18/h4,6-7,12H,5,8,11H2,1-3H3. The molecule has 0 unspecified atom stereocenters. The molecule has 0 aliphatic carbocycles. The molecule has 1 aromatic carbocycles. The number of carbonyl (C=O) groups is 1. The number of hydroxylamine groups is 1. The first kappa shape index (κ1) is 16.5. The molecule has 5 nitrogen and oxygen atoms in total. The normalized spacial score (nSPS) is 9.81. The summed E-state index contributed by atoms with van der Waals surface area (Å²) in [5.41, 5.74) is 2.94. The third-order valence-electron chi connectivity index (χ3n) is 3.01. The summed E-state index contributed by atoms with van der Waals surface area (Å²) >= 11 is 0. The minimum Gasteiger partial charge on any atom is -0.340 e. The van der Waals surface area contributed by atoms with Crippen LogP contribution in [-0.4, -0.2) is 12.5 Å². The van der Waals surface area contributed by atoms with Crippen LogP contribution in [-0.2, 0) is 9.63 Å². The van der Waals surface area contributed by atoms with E-state index in [0.29, 0.717) is 0 Å². The number of benzene rings is 1. The first-order valence-electron chi connectivity index (χ1n) is 6.83. The van der Waals surface area contributed by atoms with Gasteiger partial charge in [-0.1, -0.05) is 26.0 Å². The minimum atomic E-state index is -0.619. The predicted molar refractivity (Wildman–Crippen MR) is 79.2 cm³/mol. The number of hydrogen-bond donors (Lipinski definition) is 0. The number of hydrogen-bond acceptors (Lipinski definition) is 5. The molecule has 0 radical (unpaired) electrons. The molecule has 0 N–H and O–H groups in total. The monoisotopic (exact) mass is 285 g/mol. The first-order chi connectivity index (χ1) is 10.0. The number of anilines is 1. The van der Waals surface area contributed by atoms with E-state index in [1.807, 2.05) is 31.2 Å². The molecule has 0 bridgehead atoms. The molecule has 110 valence electrons. The molecule has 1 rings (SSSR count). The van der Waals surface area contributed by atoms with E-state index in [4.69, 9.17) is 15.4 Å². The summed E-state index contributed by atoms with van der Waals surface area (Å²) in [6, 6.07) is 9.54. The Kier molecular flexibility index (Phi) is 6.23. The average molecular weight is 285 g/mol. The Morgan fingerprint density at radius 2 is 2.05 bits per heavy atom. The Hall–Kier alpha value is -2.53. The van der Waals surface area contributed by atoms with Crippen molar-refractivity contribution in [2.24, 2.45) is 0 Å². The van der Waals surface area contributed by atoms with Crippen LogP contribution in [0.25, 0.3) is 0 Å². The Labute approximate surface area is 125 Å². The third-order valence-corrected chi connectivity index (χ3v) is 3.01. The zero-order valence-electron chi connectivity index (χ0n) is 12.6. The van der Waals surface area contributed by atoms with Gasteiger partial charge in [-0.05, 0) is 30.0 Å². The van der Waals surface area contributed by atoms with Crippen LogP contribution in [0.15, 0.2) is 18.2 Å². The minimum absolute atomic E-state index is 0.227. The average Bonchev–Trinajstić information content (AvgIpc) is 2.43. The van der Waals surface area contributed by atoms with Crippen molar-refractivity contribution in [1.29, 1.82) is 10.5 Å². The van der Waals surface area contributed by atoms with Gasteiger partial charge in [0.15, 0.2) is 0 Å². The summed E-state index contributed by atoms with van der Waals surface area (Å²) in [5.74, 6) is -0.368. The lowest BCUT2D eigenvalue weighted by Crippen LogP contribution is -2.29. The van der Waals surface area contributed by atoms with Crippen molar-refractivity contribution in [3.8, 4) is 12.1 Å². The Morgan fingerprint density at radius 1 is 1.33 bits per heavy atom. The van der Waals surface area contributed by atoms with Crippen molar-refractivity contribution >= 4 is 11.7 Å². The van der Waals surface area contributed by atoms with Crippen molar-refractivity contribution in [2.45, 2.75) is 39.5 Å². The van der Waals surface area contributed by atoms with Gasteiger partial charge in [0.05, 0.1) is 30.8 Å². The van der Waals surface area contributed by atoms with Gasteiger partial charge in [-0.2, -0.15) is 10.5 Å². The van der Waals surface area contributed by atoms with Gasteiger partial charge < -0.3 is 4.84 Å². The van der Waals surface area contributed by atoms with Crippen molar-refractivity contribution in [2.75, 3.05) is 11.6 Å². The highest BCUT2D eigenvalue weighted by molar-refractivity contribution is 5.73. The molecule has 0 fully saturated rings. The highest BCUT2D eigenvalue weighted by Crippen LogP contribution is 2.31. The molecule has 0 aliphatic rings. The molecule has 0 heterocycles. The topological polar surface area (TPSA) is 77.1 Å². The molecule has 5 heteroatoms. The van der Waals surface area contributed by atoms with E-state index in [0.717, 1.165) is 16.8 Å². The van der Waals surface area contributed by atoms with E-state index in [-0.39, 0.29) is 25.3 Å². The van der Waals surface area contributed by atoms with E-state index in [1.165, 1.54) is 5.06 Å². The van der Waals surface area contributed by atoms with Crippen molar-refractivity contribution in [3.63, 3.8) is 0 Å². The molecule has 21 heavy (non-hydrogen) atoms. The second kappa shape index (κ2) is 7.91. The number of aryl methyl sites for hydroxylation is 1. The van der Waals surface area contributed by atoms with Gasteiger partial charge in [0.2, 0.25) is 0 Å².